The molecule has 2 aliphatic heterocycles. The number of aromatic nitrogens is 3. The van der Waals surface area contributed by atoms with E-state index in [0.717, 1.165) is 69.8 Å². The molecule has 1 saturated heterocycles. The van der Waals surface area contributed by atoms with E-state index in [2.05, 4.69) is 19.7 Å². The Labute approximate surface area is 169 Å². The number of hydrogen-bond acceptors (Lipinski definition) is 6. The summed E-state index contributed by atoms with van der Waals surface area (Å²) in [6.07, 6.45) is 6.32. The molecule has 0 saturated carbocycles. The van der Waals surface area contributed by atoms with Crippen molar-refractivity contribution in [3.8, 4) is 0 Å². The van der Waals surface area contributed by atoms with Crippen LogP contribution in [-0.4, -0.2) is 50.6 Å². The van der Waals surface area contributed by atoms with E-state index in [1.165, 1.54) is 6.07 Å². The van der Waals surface area contributed by atoms with Gasteiger partial charge in [-0.15, -0.1) is 10.2 Å². The minimum absolute atomic E-state index is 0.00507. The summed E-state index contributed by atoms with van der Waals surface area (Å²) < 4.78 is 2.05. The molecule has 1 amide bonds. The fourth-order valence-electron chi connectivity index (χ4n) is 4.21. The molecule has 0 atom stereocenters. The number of hydrogen-bond donors (Lipinski definition) is 0. The van der Waals surface area contributed by atoms with Crippen molar-refractivity contribution in [3.63, 3.8) is 0 Å². The van der Waals surface area contributed by atoms with Crippen LogP contribution >= 0.6 is 0 Å². The van der Waals surface area contributed by atoms with Crippen LogP contribution in [0.1, 0.15) is 54.1 Å². The average molecular weight is 398 g/mol. The van der Waals surface area contributed by atoms with Crippen LogP contribution in [0.25, 0.3) is 0 Å². The molecule has 1 fully saturated rings. The van der Waals surface area contributed by atoms with E-state index in [0.29, 0.717) is 17.8 Å². The monoisotopic (exact) mass is 398 g/mol. The normalized spacial score (nSPS) is 16.4. The predicted molar refractivity (Wildman–Crippen MR) is 108 cm³/mol. The van der Waals surface area contributed by atoms with Gasteiger partial charge in [-0.2, -0.15) is 0 Å². The molecule has 1 aromatic heterocycles. The molecule has 2 aliphatic rings. The van der Waals surface area contributed by atoms with Gasteiger partial charge in [-0.3, -0.25) is 14.9 Å². The number of anilines is 1. The van der Waals surface area contributed by atoms with Crippen LogP contribution in [0.3, 0.4) is 0 Å². The van der Waals surface area contributed by atoms with Crippen LogP contribution < -0.4 is 4.90 Å². The molecule has 154 valence electrons. The van der Waals surface area contributed by atoms with Crippen molar-refractivity contribution in [2.24, 2.45) is 0 Å². The van der Waals surface area contributed by atoms with E-state index < -0.39 is 0 Å². The molecule has 0 unspecified atom stereocenters. The zero-order valence-electron chi connectivity index (χ0n) is 16.7. The first-order valence-corrected chi connectivity index (χ1v) is 10.2. The molecule has 4 rings (SSSR count). The Hall–Kier alpha value is -2.97. The molecule has 0 aliphatic carbocycles. The first-order valence-electron chi connectivity index (χ1n) is 10.2. The lowest BCUT2D eigenvalue weighted by atomic mass is 10.1. The topological polar surface area (TPSA) is 97.4 Å². The third-order valence-electron chi connectivity index (χ3n) is 5.78. The van der Waals surface area contributed by atoms with E-state index in [4.69, 9.17) is 0 Å². The van der Waals surface area contributed by atoms with Gasteiger partial charge in [-0.25, -0.2) is 0 Å². The minimum Gasteiger partial charge on any atom is -0.366 e. The van der Waals surface area contributed by atoms with Gasteiger partial charge in [0.2, 0.25) is 0 Å². The van der Waals surface area contributed by atoms with Crippen molar-refractivity contribution in [1.29, 1.82) is 0 Å². The lowest BCUT2D eigenvalue weighted by Crippen LogP contribution is -2.28. The minimum atomic E-state index is -0.387. The van der Waals surface area contributed by atoms with Gasteiger partial charge in [0.05, 0.1) is 11.5 Å². The van der Waals surface area contributed by atoms with E-state index in [1.54, 1.807) is 24.1 Å². The Morgan fingerprint density at radius 3 is 2.62 bits per heavy atom. The Bertz CT molecular complexity index is 917. The van der Waals surface area contributed by atoms with Crippen LogP contribution in [0.5, 0.6) is 0 Å². The van der Waals surface area contributed by atoms with Crippen molar-refractivity contribution in [2.45, 2.75) is 51.6 Å². The second-order valence-corrected chi connectivity index (χ2v) is 7.81. The van der Waals surface area contributed by atoms with Gasteiger partial charge in [-0.05, 0) is 31.4 Å². The van der Waals surface area contributed by atoms with Gasteiger partial charge in [0, 0.05) is 44.7 Å². The largest absolute Gasteiger partial charge is 0.366 e. The number of rotatable bonds is 5. The molecule has 0 N–H and O–H groups in total. The number of nitro groups is 1. The maximum atomic E-state index is 12.9. The Balaban J connectivity index is 1.54. The predicted octanol–water partition coefficient (Wildman–Crippen LogP) is 2.79. The highest BCUT2D eigenvalue weighted by molar-refractivity contribution is 5.95. The standard InChI is InChI=1S/C20H26N6O3/c1-23(14-19-22-21-18-7-6-12-25(18)19)20(27)15-8-9-16(17(13-15)26(28)29)24-10-4-2-3-5-11-24/h8-9,13H,2-7,10-12,14H2,1H3. The van der Waals surface area contributed by atoms with Crippen molar-refractivity contribution in [1.82, 2.24) is 19.7 Å². The molecule has 9 heteroatoms. The van der Waals surface area contributed by atoms with E-state index in [-0.39, 0.29) is 16.5 Å². The number of carbonyl (C=O) groups excluding carboxylic acids is 1. The number of benzene rings is 1. The SMILES string of the molecule is CN(Cc1nnc2n1CCC2)C(=O)c1ccc(N2CCCCCC2)c([N+](=O)[O-])c1. The van der Waals surface area contributed by atoms with Crippen molar-refractivity contribution < 1.29 is 9.72 Å². The number of fused-ring (bicyclic) bond motifs is 1. The maximum absolute atomic E-state index is 12.9. The summed E-state index contributed by atoms with van der Waals surface area (Å²) in [5.74, 6) is 1.45. The molecule has 0 spiro atoms. The molecular weight excluding hydrogens is 372 g/mol. The first kappa shape index (κ1) is 19.4. The van der Waals surface area contributed by atoms with Crippen molar-refractivity contribution in [2.75, 3.05) is 25.0 Å². The van der Waals surface area contributed by atoms with Crippen LogP contribution in [0.15, 0.2) is 18.2 Å². The Morgan fingerprint density at radius 2 is 1.90 bits per heavy atom. The third kappa shape index (κ3) is 3.94. The number of amides is 1. The van der Waals surface area contributed by atoms with Crippen LogP contribution in [0.4, 0.5) is 11.4 Å². The second kappa shape index (κ2) is 8.18. The molecular formula is C20H26N6O3. The smallest absolute Gasteiger partial charge is 0.293 e. The summed E-state index contributed by atoms with van der Waals surface area (Å²) in [6.45, 7) is 2.82. The molecule has 1 aromatic carbocycles. The summed E-state index contributed by atoms with van der Waals surface area (Å²) >= 11 is 0. The summed E-state index contributed by atoms with van der Waals surface area (Å²) in [6, 6.07) is 4.83. The summed E-state index contributed by atoms with van der Waals surface area (Å²) in [5.41, 5.74) is 0.917. The fourth-order valence-corrected chi connectivity index (χ4v) is 4.21. The highest BCUT2D eigenvalue weighted by Crippen LogP contribution is 2.31. The number of aryl methyl sites for hydroxylation is 1. The van der Waals surface area contributed by atoms with Gasteiger partial charge >= 0.3 is 0 Å². The number of nitrogens with zero attached hydrogens (tertiary/aromatic N) is 6. The summed E-state index contributed by atoms with van der Waals surface area (Å²) in [7, 11) is 1.69. The van der Waals surface area contributed by atoms with E-state index in [1.807, 2.05) is 0 Å². The van der Waals surface area contributed by atoms with Gasteiger partial charge in [0.15, 0.2) is 5.82 Å². The van der Waals surface area contributed by atoms with E-state index in [9.17, 15) is 14.9 Å². The summed E-state index contributed by atoms with van der Waals surface area (Å²) in [5, 5.41) is 20.1. The molecule has 9 nitrogen and oxygen atoms in total. The number of nitro benzene ring substituents is 1. The molecule has 2 aromatic rings. The maximum Gasteiger partial charge on any atom is 0.293 e. The van der Waals surface area contributed by atoms with Gasteiger partial charge in [0.1, 0.15) is 11.5 Å². The lowest BCUT2D eigenvalue weighted by molar-refractivity contribution is -0.384. The fraction of sp³-hybridized carbons (Fsp3) is 0.550. The van der Waals surface area contributed by atoms with Gasteiger partial charge in [-0.1, -0.05) is 12.8 Å². The van der Waals surface area contributed by atoms with Crippen LogP contribution in [0.2, 0.25) is 0 Å². The highest BCUT2D eigenvalue weighted by Gasteiger charge is 2.25. The number of carbonyl (C=O) groups is 1. The molecule has 29 heavy (non-hydrogen) atoms. The zero-order valence-corrected chi connectivity index (χ0v) is 16.7. The molecule has 0 bridgehead atoms. The highest BCUT2D eigenvalue weighted by atomic mass is 16.6. The lowest BCUT2D eigenvalue weighted by Gasteiger charge is -2.23. The van der Waals surface area contributed by atoms with Gasteiger partial charge in [0.25, 0.3) is 11.6 Å². The quantitative estimate of drug-likeness (QED) is 0.567. The third-order valence-corrected chi connectivity index (χ3v) is 5.78. The first-order chi connectivity index (χ1) is 14.0. The van der Waals surface area contributed by atoms with Gasteiger partial charge < -0.3 is 14.4 Å². The zero-order chi connectivity index (χ0) is 20.4. The van der Waals surface area contributed by atoms with Crippen molar-refractivity contribution >= 4 is 17.3 Å². The molecule has 0 radical (unpaired) electrons. The Morgan fingerprint density at radius 1 is 1.14 bits per heavy atom. The van der Waals surface area contributed by atoms with E-state index >= 15 is 0 Å². The van der Waals surface area contributed by atoms with Crippen LogP contribution in [0, 0.1) is 10.1 Å². The average Bonchev–Trinajstić information content (AvgIpc) is 3.23. The molecule has 3 heterocycles. The second-order valence-electron chi connectivity index (χ2n) is 7.81. The van der Waals surface area contributed by atoms with Crippen molar-refractivity contribution in [3.05, 3.63) is 45.5 Å². The Kier molecular flexibility index (Phi) is 5.46. The van der Waals surface area contributed by atoms with Crippen LogP contribution in [-0.2, 0) is 19.5 Å². The summed E-state index contributed by atoms with van der Waals surface area (Å²) in [4.78, 5) is 27.9.